The average Bonchev–Trinajstić information content (AvgIpc) is 2.33. The molecule has 0 saturated carbocycles. The summed E-state index contributed by atoms with van der Waals surface area (Å²) in [5, 5.41) is 8.61. The van der Waals surface area contributed by atoms with Crippen molar-refractivity contribution in [1.29, 1.82) is 5.26 Å². The summed E-state index contributed by atoms with van der Waals surface area (Å²) in [4.78, 5) is 0. The Labute approximate surface area is 90.2 Å². The van der Waals surface area contributed by atoms with Crippen LogP contribution >= 0.6 is 0 Å². The first kappa shape index (κ1) is 11.7. The maximum Gasteiger partial charge on any atom is 0.195 e. The van der Waals surface area contributed by atoms with Gasteiger partial charge in [-0.1, -0.05) is 30.3 Å². The summed E-state index contributed by atoms with van der Waals surface area (Å²) in [6.07, 6.45) is 0.928. The second-order valence-corrected chi connectivity index (χ2v) is 3.19. The number of benzene rings is 1. The molecule has 0 aliphatic carbocycles. The van der Waals surface area contributed by atoms with E-state index in [-0.39, 0.29) is 0 Å². The minimum atomic E-state index is -0.795. The van der Waals surface area contributed by atoms with E-state index in [1.807, 2.05) is 30.3 Å². The quantitative estimate of drug-likeness (QED) is 0.693. The standard InChI is InChI=1S/C12H15NO2/c1-14-12(15-2,9-6-10-13)11-7-4-3-5-8-11/h3-5,7-8H,6,9H2,1-2H3. The fourth-order valence-corrected chi connectivity index (χ4v) is 1.58. The number of methoxy groups -OCH3 is 2. The molecule has 1 aromatic carbocycles. The minimum Gasteiger partial charge on any atom is -0.349 e. The van der Waals surface area contributed by atoms with Crippen LogP contribution in [-0.4, -0.2) is 14.2 Å². The largest absolute Gasteiger partial charge is 0.349 e. The van der Waals surface area contributed by atoms with Gasteiger partial charge in [0.15, 0.2) is 5.79 Å². The predicted molar refractivity (Wildman–Crippen MR) is 57.0 cm³/mol. The molecule has 0 fully saturated rings. The molecule has 0 aliphatic heterocycles. The smallest absolute Gasteiger partial charge is 0.195 e. The Morgan fingerprint density at radius 3 is 2.27 bits per heavy atom. The van der Waals surface area contributed by atoms with Gasteiger partial charge in [0.2, 0.25) is 0 Å². The molecule has 80 valence electrons. The highest BCUT2D eigenvalue weighted by Gasteiger charge is 2.31. The molecule has 0 aliphatic rings. The van der Waals surface area contributed by atoms with Crippen LogP contribution in [0.25, 0.3) is 0 Å². The van der Waals surface area contributed by atoms with Crippen molar-refractivity contribution in [2.45, 2.75) is 18.6 Å². The molecule has 3 nitrogen and oxygen atoms in total. The van der Waals surface area contributed by atoms with Gasteiger partial charge >= 0.3 is 0 Å². The summed E-state index contributed by atoms with van der Waals surface area (Å²) >= 11 is 0. The van der Waals surface area contributed by atoms with E-state index in [0.29, 0.717) is 12.8 Å². The maximum atomic E-state index is 8.61. The predicted octanol–water partition coefficient (Wildman–Crippen LogP) is 2.44. The summed E-state index contributed by atoms with van der Waals surface area (Å²) in [6, 6.07) is 11.8. The molecular formula is C12H15NO2. The van der Waals surface area contributed by atoms with Crippen molar-refractivity contribution in [2.75, 3.05) is 14.2 Å². The Bertz CT molecular complexity index is 325. The molecule has 1 rings (SSSR count). The Hall–Kier alpha value is -1.37. The van der Waals surface area contributed by atoms with Gasteiger partial charge in [-0.15, -0.1) is 0 Å². The maximum absolute atomic E-state index is 8.61. The number of hydrogen-bond acceptors (Lipinski definition) is 3. The second kappa shape index (κ2) is 5.50. The van der Waals surface area contributed by atoms with E-state index in [2.05, 4.69) is 6.07 Å². The third kappa shape index (κ3) is 2.56. The molecule has 0 radical (unpaired) electrons. The lowest BCUT2D eigenvalue weighted by Gasteiger charge is -2.30. The van der Waals surface area contributed by atoms with Crippen molar-refractivity contribution in [3.8, 4) is 6.07 Å². The van der Waals surface area contributed by atoms with Gasteiger partial charge in [-0.25, -0.2) is 0 Å². The molecule has 0 N–H and O–H groups in total. The van der Waals surface area contributed by atoms with Crippen LogP contribution in [0.3, 0.4) is 0 Å². The van der Waals surface area contributed by atoms with Gasteiger partial charge in [-0.2, -0.15) is 5.26 Å². The molecule has 0 bridgehead atoms. The van der Waals surface area contributed by atoms with E-state index in [9.17, 15) is 0 Å². The van der Waals surface area contributed by atoms with E-state index in [0.717, 1.165) is 5.56 Å². The van der Waals surface area contributed by atoms with Crippen LogP contribution in [0.15, 0.2) is 30.3 Å². The van der Waals surface area contributed by atoms with E-state index < -0.39 is 5.79 Å². The van der Waals surface area contributed by atoms with Crippen molar-refractivity contribution < 1.29 is 9.47 Å². The lowest BCUT2D eigenvalue weighted by molar-refractivity contribution is -0.219. The number of nitriles is 1. The molecule has 1 aromatic rings. The van der Waals surface area contributed by atoms with Crippen molar-refractivity contribution >= 4 is 0 Å². The highest BCUT2D eigenvalue weighted by Crippen LogP contribution is 2.30. The zero-order valence-electron chi connectivity index (χ0n) is 9.06. The van der Waals surface area contributed by atoms with Crippen LogP contribution in [0, 0.1) is 11.3 Å². The van der Waals surface area contributed by atoms with Gasteiger partial charge in [0.1, 0.15) is 0 Å². The summed E-state index contributed by atoms with van der Waals surface area (Å²) in [5.41, 5.74) is 0.935. The fraction of sp³-hybridized carbons (Fsp3) is 0.417. The number of rotatable bonds is 5. The molecule has 0 unspecified atom stereocenters. The monoisotopic (exact) mass is 205 g/mol. The van der Waals surface area contributed by atoms with Crippen LogP contribution in [0.2, 0.25) is 0 Å². The van der Waals surface area contributed by atoms with Crippen LogP contribution in [0.1, 0.15) is 18.4 Å². The van der Waals surface area contributed by atoms with E-state index in [4.69, 9.17) is 14.7 Å². The lowest BCUT2D eigenvalue weighted by Crippen LogP contribution is -2.30. The zero-order chi connectivity index (χ0) is 11.1. The highest BCUT2D eigenvalue weighted by molar-refractivity contribution is 5.20. The number of nitrogens with zero attached hydrogens (tertiary/aromatic N) is 1. The molecular weight excluding hydrogens is 190 g/mol. The average molecular weight is 205 g/mol. The lowest BCUT2D eigenvalue weighted by atomic mass is 10.0. The van der Waals surface area contributed by atoms with Gasteiger partial charge in [-0.3, -0.25) is 0 Å². The topological polar surface area (TPSA) is 42.2 Å². The van der Waals surface area contributed by atoms with Gasteiger partial charge in [-0.05, 0) is 0 Å². The third-order valence-electron chi connectivity index (χ3n) is 2.44. The third-order valence-corrected chi connectivity index (χ3v) is 2.44. The van der Waals surface area contributed by atoms with Crippen molar-refractivity contribution in [3.05, 3.63) is 35.9 Å². The van der Waals surface area contributed by atoms with Gasteiger partial charge < -0.3 is 9.47 Å². The summed E-state index contributed by atoms with van der Waals surface area (Å²) in [6.45, 7) is 0. The second-order valence-electron chi connectivity index (χ2n) is 3.19. The molecule has 0 atom stereocenters. The molecule has 0 saturated heterocycles. The fourth-order valence-electron chi connectivity index (χ4n) is 1.58. The van der Waals surface area contributed by atoms with Gasteiger partial charge in [0, 0.05) is 32.6 Å². The molecule has 0 heterocycles. The molecule has 15 heavy (non-hydrogen) atoms. The van der Waals surface area contributed by atoms with Gasteiger partial charge in [0.05, 0.1) is 6.07 Å². The Morgan fingerprint density at radius 1 is 1.20 bits per heavy atom. The SMILES string of the molecule is COC(CCC#N)(OC)c1ccccc1. The van der Waals surface area contributed by atoms with Crippen molar-refractivity contribution in [1.82, 2.24) is 0 Å². The number of hydrogen-bond donors (Lipinski definition) is 0. The molecule has 0 amide bonds. The van der Waals surface area contributed by atoms with Crippen molar-refractivity contribution in [3.63, 3.8) is 0 Å². The van der Waals surface area contributed by atoms with Gasteiger partial charge in [0.25, 0.3) is 0 Å². The first-order valence-corrected chi connectivity index (χ1v) is 4.82. The molecule has 3 heteroatoms. The van der Waals surface area contributed by atoms with E-state index in [1.165, 1.54) is 0 Å². The normalized spacial score (nSPS) is 11.0. The van der Waals surface area contributed by atoms with Crippen LogP contribution < -0.4 is 0 Å². The highest BCUT2D eigenvalue weighted by atomic mass is 16.7. The summed E-state index contributed by atoms with van der Waals surface area (Å²) in [7, 11) is 3.18. The van der Waals surface area contributed by atoms with Crippen LogP contribution in [0.5, 0.6) is 0 Å². The summed E-state index contributed by atoms with van der Waals surface area (Å²) in [5.74, 6) is -0.795. The van der Waals surface area contributed by atoms with Crippen LogP contribution in [-0.2, 0) is 15.3 Å². The van der Waals surface area contributed by atoms with Crippen LogP contribution in [0.4, 0.5) is 0 Å². The first-order chi connectivity index (χ1) is 7.29. The van der Waals surface area contributed by atoms with Crippen molar-refractivity contribution in [2.24, 2.45) is 0 Å². The Kier molecular flexibility index (Phi) is 4.29. The zero-order valence-corrected chi connectivity index (χ0v) is 9.06. The van der Waals surface area contributed by atoms with E-state index in [1.54, 1.807) is 14.2 Å². The Balaban J connectivity index is 2.95. The minimum absolute atomic E-state index is 0.399. The molecule has 0 spiro atoms. The number of ether oxygens (including phenoxy) is 2. The molecule has 0 aromatic heterocycles. The Morgan fingerprint density at radius 2 is 1.80 bits per heavy atom. The first-order valence-electron chi connectivity index (χ1n) is 4.82. The van der Waals surface area contributed by atoms with E-state index >= 15 is 0 Å². The summed E-state index contributed by atoms with van der Waals surface area (Å²) < 4.78 is 10.8.